The van der Waals surface area contributed by atoms with E-state index in [0.29, 0.717) is 0 Å². The molecule has 0 amide bonds. The minimum atomic E-state index is 0.994. The van der Waals surface area contributed by atoms with Gasteiger partial charge in [-0.15, -0.1) is 0 Å². The molecule has 80 valence electrons. The molecule has 1 aliphatic rings. The standard InChI is InChI=1S/C14H14N2/c1-3-7-11-12(8-4-2)16-14-10-6-5-9-13(14)15-11/h3-10,15-16H,1-2H2/b11-7+,12-8+. The number of fused-ring (bicyclic) bond motifs is 1. The smallest absolute Gasteiger partial charge is 0.0624 e. The van der Waals surface area contributed by atoms with Gasteiger partial charge in [-0.1, -0.05) is 37.4 Å². The molecule has 0 saturated heterocycles. The Morgan fingerprint density at radius 1 is 0.812 bits per heavy atom. The SMILES string of the molecule is C=C/C=C1/Nc2ccccc2N/C1=C/C=C. The molecule has 1 aromatic rings. The van der Waals surface area contributed by atoms with Crippen LogP contribution in [0.25, 0.3) is 0 Å². The van der Waals surface area contributed by atoms with E-state index in [4.69, 9.17) is 0 Å². The van der Waals surface area contributed by atoms with Crippen LogP contribution in [0, 0.1) is 0 Å². The fourth-order valence-corrected chi connectivity index (χ4v) is 1.62. The van der Waals surface area contributed by atoms with Crippen molar-refractivity contribution in [3.63, 3.8) is 0 Å². The van der Waals surface area contributed by atoms with Gasteiger partial charge in [-0.05, 0) is 24.3 Å². The second-order valence-electron chi connectivity index (χ2n) is 3.43. The number of rotatable bonds is 2. The Bertz CT molecular complexity index is 436. The lowest BCUT2D eigenvalue weighted by atomic mass is 10.1. The first-order valence-corrected chi connectivity index (χ1v) is 5.14. The molecule has 0 atom stereocenters. The van der Waals surface area contributed by atoms with Crippen molar-refractivity contribution in [2.45, 2.75) is 0 Å². The number of hydrogen-bond acceptors (Lipinski definition) is 2. The van der Waals surface area contributed by atoms with E-state index in [9.17, 15) is 0 Å². The molecule has 2 nitrogen and oxygen atoms in total. The van der Waals surface area contributed by atoms with Crippen LogP contribution in [0.15, 0.2) is 73.1 Å². The zero-order chi connectivity index (χ0) is 11.4. The Hall–Kier alpha value is -2.22. The van der Waals surface area contributed by atoms with Gasteiger partial charge in [-0.3, -0.25) is 0 Å². The second-order valence-corrected chi connectivity index (χ2v) is 3.43. The van der Waals surface area contributed by atoms with Gasteiger partial charge < -0.3 is 10.6 Å². The number of benzene rings is 1. The molecule has 0 fully saturated rings. The van der Waals surface area contributed by atoms with E-state index in [0.717, 1.165) is 22.8 Å². The van der Waals surface area contributed by atoms with E-state index in [-0.39, 0.29) is 0 Å². The molecule has 2 N–H and O–H groups in total. The second kappa shape index (κ2) is 4.53. The molecular formula is C14H14N2. The van der Waals surface area contributed by atoms with Crippen LogP contribution in [0.4, 0.5) is 11.4 Å². The van der Waals surface area contributed by atoms with Crippen molar-refractivity contribution in [2.75, 3.05) is 10.6 Å². The molecule has 0 aliphatic carbocycles. The van der Waals surface area contributed by atoms with Crippen LogP contribution in [0.5, 0.6) is 0 Å². The highest BCUT2D eigenvalue weighted by Crippen LogP contribution is 2.31. The predicted molar refractivity (Wildman–Crippen MR) is 70.2 cm³/mol. The first-order valence-electron chi connectivity index (χ1n) is 5.14. The van der Waals surface area contributed by atoms with Crippen LogP contribution >= 0.6 is 0 Å². The zero-order valence-corrected chi connectivity index (χ0v) is 9.03. The largest absolute Gasteiger partial charge is 0.352 e. The normalized spacial score (nSPS) is 18.5. The maximum Gasteiger partial charge on any atom is 0.0624 e. The minimum Gasteiger partial charge on any atom is -0.352 e. The fraction of sp³-hybridized carbons (Fsp3) is 0. The molecule has 0 bridgehead atoms. The summed E-state index contributed by atoms with van der Waals surface area (Å²) in [6, 6.07) is 8.07. The molecule has 2 heteroatoms. The van der Waals surface area contributed by atoms with E-state index in [1.807, 2.05) is 36.4 Å². The first-order chi connectivity index (χ1) is 7.85. The van der Waals surface area contributed by atoms with Gasteiger partial charge in [0, 0.05) is 0 Å². The number of nitrogens with one attached hydrogen (secondary N) is 2. The van der Waals surface area contributed by atoms with E-state index < -0.39 is 0 Å². The number of allylic oxidation sites excluding steroid dienone is 4. The summed E-state index contributed by atoms with van der Waals surface area (Å²) in [6.07, 6.45) is 7.38. The average Bonchev–Trinajstić information content (AvgIpc) is 2.30. The predicted octanol–water partition coefficient (Wildman–Crippen LogP) is 3.66. The van der Waals surface area contributed by atoms with Crippen molar-refractivity contribution >= 4 is 11.4 Å². The quantitative estimate of drug-likeness (QED) is 0.778. The molecule has 0 radical (unpaired) electrons. The maximum absolute atomic E-state index is 3.71. The zero-order valence-electron chi connectivity index (χ0n) is 9.03. The molecule has 1 heterocycles. The number of hydrogen-bond donors (Lipinski definition) is 2. The third-order valence-electron chi connectivity index (χ3n) is 2.32. The summed E-state index contributed by atoms with van der Waals surface area (Å²) in [7, 11) is 0. The molecule has 16 heavy (non-hydrogen) atoms. The Balaban J connectivity index is 2.44. The van der Waals surface area contributed by atoms with E-state index >= 15 is 0 Å². The Morgan fingerprint density at radius 2 is 1.25 bits per heavy atom. The van der Waals surface area contributed by atoms with Crippen molar-refractivity contribution < 1.29 is 0 Å². The maximum atomic E-state index is 3.71. The van der Waals surface area contributed by atoms with Crippen LogP contribution < -0.4 is 10.6 Å². The summed E-state index contributed by atoms with van der Waals surface area (Å²) in [5, 5.41) is 6.69. The van der Waals surface area contributed by atoms with Crippen molar-refractivity contribution in [2.24, 2.45) is 0 Å². The van der Waals surface area contributed by atoms with Crippen LogP contribution in [0.2, 0.25) is 0 Å². The minimum absolute atomic E-state index is 0.994. The lowest BCUT2D eigenvalue weighted by Gasteiger charge is -2.24. The summed E-state index contributed by atoms with van der Waals surface area (Å²) in [5.74, 6) is 0. The first kappa shape index (κ1) is 10.3. The topological polar surface area (TPSA) is 24.1 Å². The Labute approximate surface area is 95.7 Å². The van der Waals surface area contributed by atoms with Gasteiger partial charge in [0.1, 0.15) is 0 Å². The summed E-state index contributed by atoms with van der Waals surface area (Å²) in [4.78, 5) is 0. The van der Waals surface area contributed by atoms with Gasteiger partial charge in [0.05, 0.1) is 22.8 Å². The molecule has 0 aromatic heterocycles. The van der Waals surface area contributed by atoms with Crippen molar-refractivity contribution in [1.82, 2.24) is 0 Å². The molecule has 1 aliphatic heterocycles. The van der Waals surface area contributed by atoms with E-state index in [1.54, 1.807) is 12.2 Å². The van der Waals surface area contributed by atoms with Gasteiger partial charge in [-0.2, -0.15) is 0 Å². The lowest BCUT2D eigenvalue weighted by molar-refractivity contribution is 1.29. The summed E-state index contributed by atoms with van der Waals surface area (Å²) in [6.45, 7) is 7.42. The van der Waals surface area contributed by atoms with Gasteiger partial charge in [0.15, 0.2) is 0 Å². The number of anilines is 2. The molecule has 0 unspecified atom stereocenters. The van der Waals surface area contributed by atoms with Crippen LogP contribution in [0.3, 0.4) is 0 Å². The summed E-state index contributed by atoms with van der Waals surface area (Å²) in [5.41, 5.74) is 4.12. The molecule has 1 aromatic carbocycles. The molecule has 0 saturated carbocycles. The Kier molecular flexibility index (Phi) is 2.92. The third kappa shape index (κ3) is 1.91. The fourth-order valence-electron chi connectivity index (χ4n) is 1.62. The van der Waals surface area contributed by atoms with Crippen LogP contribution in [0.1, 0.15) is 0 Å². The van der Waals surface area contributed by atoms with Crippen molar-refractivity contribution in [3.05, 3.63) is 73.1 Å². The van der Waals surface area contributed by atoms with E-state index in [1.165, 1.54) is 0 Å². The highest BCUT2D eigenvalue weighted by molar-refractivity contribution is 5.79. The van der Waals surface area contributed by atoms with Gasteiger partial charge in [0.25, 0.3) is 0 Å². The molecular weight excluding hydrogens is 196 g/mol. The van der Waals surface area contributed by atoms with Gasteiger partial charge >= 0.3 is 0 Å². The van der Waals surface area contributed by atoms with Gasteiger partial charge in [0.2, 0.25) is 0 Å². The molecule has 0 spiro atoms. The van der Waals surface area contributed by atoms with Gasteiger partial charge in [-0.25, -0.2) is 0 Å². The monoisotopic (exact) mass is 210 g/mol. The van der Waals surface area contributed by atoms with Crippen molar-refractivity contribution in [1.29, 1.82) is 0 Å². The Morgan fingerprint density at radius 3 is 1.62 bits per heavy atom. The summed E-state index contributed by atoms with van der Waals surface area (Å²) < 4.78 is 0. The van der Waals surface area contributed by atoms with E-state index in [2.05, 4.69) is 23.8 Å². The lowest BCUT2D eigenvalue weighted by Crippen LogP contribution is -2.16. The van der Waals surface area contributed by atoms with Crippen LogP contribution in [-0.2, 0) is 0 Å². The summed E-state index contributed by atoms with van der Waals surface area (Å²) >= 11 is 0. The third-order valence-corrected chi connectivity index (χ3v) is 2.32. The molecule has 2 rings (SSSR count). The highest BCUT2D eigenvalue weighted by atomic mass is 15.1. The average molecular weight is 210 g/mol. The van der Waals surface area contributed by atoms with Crippen LogP contribution in [-0.4, -0.2) is 0 Å². The van der Waals surface area contributed by atoms with Crippen molar-refractivity contribution in [3.8, 4) is 0 Å². The highest BCUT2D eigenvalue weighted by Gasteiger charge is 2.14. The number of para-hydroxylation sites is 2.